The average Bonchev–Trinajstić information content (AvgIpc) is 3.25. The summed E-state index contributed by atoms with van der Waals surface area (Å²) in [6.07, 6.45) is 10.8. The Labute approximate surface area is 224 Å². The summed E-state index contributed by atoms with van der Waals surface area (Å²) in [6.45, 7) is 5.89. The quantitative estimate of drug-likeness (QED) is 0.399. The van der Waals surface area contributed by atoms with Crippen LogP contribution in [-0.2, 0) is 19.1 Å². The first-order valence-corrected chi connectivity index (χ1v) is 14.1. The van der Waals surface area contributed by atoms with Crippen LogP contribution in [0.2, 0.25) is 0 Å². The number of amides is 3. The summed E-state index contributed by atoms with van der Waals surface area (Å²) < 4.78 is 6.70. The Morgan fingerprint density at radius 3 is 2.39 bits per heavy atom. The molecule has 8 nitrogen and oxygen atoms in total. The smallest absolute Gasteiger partial charge is 0.249 e. The number of aliphatic hydroxyl groups excluding tert-OH is 1. The second kappa shape index (κ2) is 11.0. The zero-order valence-electron chi connectivity index (χ0n) is 22.4. The number of hydrogen-bond acceptors (Lipinski definition) is 5. The van der Waals surface area contributed by atoms with Crippen molar-refractivity contribution in [1.29, 1.82) is 0 Å². The first-order chi connectivity index (χ1) is 18.5. The van der Waals surface area contributed by atoms with Crippen LogP contribution in [0, 0.1) is 11.8 Å². The number of likely N-dealkylation sites (tertiary alicyclic amines) is 1. The minimum absolute atomic E-state index is 0.108. The molecule has 4 heterocycles. The summed E-state index contributed by atoms with van der Waals surface area (Å²) in [5.74, 6) is -2.17. The van der Waals surface area contributed by atoms with E-state index in [1.165, 1.54) is 4.90 Å². The first kappa shape index (κ1) is 26.6. The van der Waals surface area contributed by atoms with Gasteiger partial charge in [0.25, 0.3) is 0 Å². The number of benzene rings is 1. The van der Waals surface area contributed by atoms with E-state index in [2.05, 4.69) is 6.92 Å². The molecule has 38 heavy (non-hydrogen) atoms. The zero-order chi connectivity index (χ0) is 26.9. The second-order valence-corrected chi connectivity index (χ2v) is 10.8. The molecule has 5 rings (SSSR count). The molecule has 4 aliphatic rings. The summed E-state index contributed by atoms with van der Waals surface area (Å²) in [6, 6.07) is 7.61. The molecule has 0 aliphatic carbocycles. The van der Waals surface area contributed by atoms with Crippen molar-refractivity contribution in [3.63, 3.8) is 0 Å². The predicted molar refractivity (Wildman–Crippen MR) is 143 cm³/mol. The molecule has 6 atom stereocenters. The molecule has 1 unspecified atom stereocenters. The Morgan fingerprint density at radius 1 is 0.947 bits per heavy atom. The van der Waals surface area contributed by atoms with Gasteiger partial charge in [0, 0.05) is 26.2 Å². The van der Waals surface area contributed by atoms with E-state index in [1.54, 1.807) is 9.80 Å². The van der Waals surface area contributed by atoms with Crippen LogP contribution in [0.4, 0.5) is 0 Å². The molecular weight excluding hydrogens is 482 g/mol. The Bertz CT molecular complexity index is 1100. The van der Waals surface area contributed by atoms with Gasteiger partial charge in [0.05, 0.1) is 30.6 Å². The third-order valence-electron chi connectivity index (χ3n) is 8.48. The number of fused-ring (bicyclic) bond motifs is 2. The van der Waals surface area contributed by atoms with Crippen LogP contribution in [0.1, 0.15) is 51.1 Å². The fraction of sp³-hybridized carbons (Fsp3) is 0.567. The molecule has 0 saturated carbocycles. The SMILES string of the molecule is CCCCCN1CC=C[C@]23O[C@H]4C=CCN(CCC)C(=O)[C@H]4[C@H]2C(=O)N([C@H](CO)c2ccccc2)C3C1=O. The molecule has 1 N–H and O–H groups in total. The standard InChI is InChI=1S/C30H39N3O5/c1-3-5-9-17-32-19-11-15-30-25(24-23(38-30)14-10-18-31(16-4-2)27(24)35)28(36)33(26(30)29(32)37)22(20-34)21-12-7-6-8-13-21/h6-8,10-15,22-26,34H,3-5,9,16-20H2,1-2H3/t22-,23+,24-,25+,26?,30+/m1/s1. The van der Waals surface area contributed by atoms with Gasteiger partial charge in [-0.15, -0.1) is 0 Å². The van der Waals surface area contributed by atoms with E-state index in [0.29, 0.717) is 26.2 Å². The van der Waals surface area contributed by atoms with Crippen molar-refractivity contribution < 1.29 is 24.2 Å². The summed E-state index contributed by atoms with van der Waals surface area (Å²) in [5, 5.41) is 10.6. The van der Waals surface area contributed by atoms with Gasteiger partial charge in [-0.2, -0.15) is 0 Å². The maximum absolute atomic E-state index is 14.5. The summed E-state index contributed by atoms with van der Waals surface area (Å²) in [4.78, 5) is 47.7. The number of unbranched alkanes of at least 4 members (excludes halogenated alkanes) is 2. The van der Waals surface area contributed by atoms with Crippen LogP contribution in [0.5, 0.6) is 0 Å². The van der Waals surface area contributed by atoms with Gasteiger partial charge in [-0.25, -0.2) is 0 Å². The molecule has 8 heteroatoms. The minimum Gasteiger partial charge on any atom is -0.394 e. The molecule has 2 fully saturated rings. The molecular formula is C30H39N3O5. The van der Waals surface area contributed by atoms with Crippen LogP contribution in [-0.4, -0.2) is 88.1 Å². The maximum atomic E-state index is 14.5. The number of aliphatic hydroxyl groups is 1. The molecule has 1 aromatic rings. The molecule has 2 saturated heterocycles. The predicted octanol–water partition coefficient (Wildman–Crippen LogP) is 2.70. The van der Waals surface area contributed by atoms with E-state index in [9.17, 15) is 19.5 Å². The first-order valence-electron chi connectivity index (χ1n) is 14.1. The lowest BCUT2D eigenvalue weighted by atomic mass is 9.77. The summed E-state index contributed by atoms with van der Waals surface area (Å²) in [7, 11) is 0. The van der Waals surface area contributed by atoms with Crippen LogP contribution in [0.25, 0.3) is 0 Å². The van der Waals surface area contributed by atoms with Crippen molar-refractivity contribution in [1.82, 2.24) is 14.7 Å². The number of rotatable bonds is 9. The number of nitrogens with zero attached hydrogens (tertiary/aromatic N) is 3. The Morgan fingerprint density at radius 2 is 1.68 bits per heavy atom. The highest BCUT2D eigenvalue weighted by Crippen LogP contribution is 2.55. The lowest BCUT2D eigenvalue weighted by molar-refractivity contribution is -0.151. The van der Waals surface area contributed by atoms with Gasteiger partial charge in [-0.1, -0.05) is 81.3 Å². The molecule has 1 aromatic carbocycles. The van der Waals surface area contributed by atoms with Crippen molar-refractivity contribution in [2.24, 2.45) is 11.8 Å². The number of carbonyl (C=O) groups is 3. The monoisotopic (exact) mass is 521 g/mol. The van der Waals surface area contributed by atoms with Crippen molar-refractivity contribution >= 4 is 17.7 Å². The van der Waals surface area contributed by atoms with Crippen molar-refractivity contribution in [2.75, 3.05) is 32.8 Å². The number of hydrogen-bond donors (Lipinski definition) is 1. The largest absolute Gasteiger partial charge is 0.394 e. The van der Waals surface area contributed by atoms with Gasteiger partial charge in [0.2, 0.25) is 17.7 Å². The van der Waals surface area contributed by atoms with E-state index < -0.39 is 35.6 Å². The second-order valence-electron chi connectivity index (χ2n) is 10.8. The van der Waals surface area contributed by atoms with Gasteiger partial charge in [0.1, 0.15) is 11.6 Å². The molecule has 4 aliphatic heterocycles. The highest BCUT2D eigenvalue weighted by Gasteiger charge is 2.72. The van der Waals surface area contributed by atoms with Gasteiger partial charge in [-0.3, -0.25) is 14.4 Å². The van der Waals surface area contributed by atoms with Crippen LogP contribution in [0.15, 0.2) is 54.6 Å². The Kier molecular flexibility index (Phi) is 7.73. The third-order valence-corrected chi connectivity index (χ3v) is 8.48. The Hall–Kier alpha value is -2.97. The zero-order valence-corrected chi connectivity index (χ0v) is 22.4. The molecule has 3 amide bonds. The van der Waals surface area contributed by atoms with E-state index in [0.717, 1.165) is 31.2 Å². The van der Waals surface area contributed by atoms with E-state index >= 15 is 0 Å². The number of ether oxygens (including phenoxy) is 1. The van der Waals surface area contributed by atoms with Gasteiger partial charge >= 0.3 is 0 Å². The summed E-state index contributed by atoms with van der Waals surface area (Å²) in [5.41, 5.74) is -0.534. The molecule has 0 radical (unpaired) electrons. The van der Waals surface area contributed by atoms with Crippen molar-refractivity contribution in [3.8, 4) is 0 Å². The fourth-order valence-corrected chi connectivity index (χ4v) is 6.77. The topological polar surface area (TPSA) is 90.4 Å². The highest BCUT2D eigenvalue weighted by molar-refractivity contribution is 6.00. The van der Waals surface area contributed by atoms with Crippen molar-refractivity contribution in [2.45, 2.75) is 63.3 Å². The lowest BCUT2D eigenvalue weighted by Crippen LogP contribution is -2.56. The third kappa shape index (κ3) is 4.28. The van der Waals surface area contributed by atoms with Gasteiger partial charge < -0.3 is 24.5 Å². The van der Waals surface area contributed by atoms with E-state index in [1.807, 2.05) is 61.6 Å². The van der Waals surface area contributed by atoms with E-state index in [-0.39, 0.29) is 24.3 Å². The average molecular weight is 522 g/mol. The van der Waals surface area contributed by atoms with Crippen LogP contribution in [0.3, 0.4) is 0 Å². The molecule has 0 aromatic heterocycles. The maximum Gasteiger partial charge on any atom is 0.249 e. The molecule has 204 valence electrons. The van der Waals surface area contributed by atoms with Crippen molar-refractivity contribution in [3.05, 3.63) is 60.2 Å². The molecule has 0 bridgehead atoms. The number of carbonyl (C=O) groups excluding carboxylic acids is 3. The fourth-order valence-electron chi connectivity index (χ4n) is 6.77. The van der Waals surface area contributed by atoms with Gasteiger partial charge in [0.15, 0.2) is 0 Å². The normalized spacial score (nSPS) is 31.2. The van der Waals surface area contributed by atoms with Crippen LogP contribution < -0.4 is 0 Å². The van der Waals surface area contributed by atoms with E-state index in [4.69, 9.17) is 4.74 Å². The molecule has 1 spiro atoms. The lowest BCUT2D eigenvalue weighted by Gasteiger charge is -2.38. The van der Waals surface area contributed by atoms with Crippen LogP contribution >= 0.6 is 0 Å². The highest BCUT2D eigenvalue weighted by atomic mass is 16.5. The van der Waals surface area contributed by atoms with Gasteiger partial charge in [-0.05, 0) is 18.4 Å². The Balaban J connectivity index is 1.61. The minimum atomic E-state index is -1.28. The summed E-state index contributed by atoms with van der Waals surface area (Å²) >= 11 is 0.